The summed E-state index contributed by atoms with van der Waals surface area (Å²) in [5.41, 5.74) is 16.7. The van der Waals surface area contributed by atoms with Crippen molar-refractivity contribution < 1.29 is 0 Å². The molecule has 244 valence electrons. The molecule has 11 rings (SSSR count). The van der Waals surface area contributed by atoms with E-state index >= 15 is 0 Å². The number of hydrogen-bond donors (Lipinski definition) is 0. The van der Waals surface area contributed by atoms with E-state index in [1.165, 1.54) is 82.9 Å². The van der Waals surface area contributed by atoms with Crippen molar-refractivity contribution in [3.05, 3.63) is 216 Å². The van der Waals surface area contributed by atoms with Crippen LogP contribution in [0.15, 0.2) is 194 Å². The molecule has 1 nitrogen and oxygen atoms in total. The van der Waals surface area contributed by atoms with Gasteiger partial charge in [0.25, 0.3) is 0 Å². The van der Waals surface area contributed by atoms with Gasteiger partial charge in [-0.3, -0.25) is 0 Å². The predicted molar refractivity (Wildman–Crippen MR) is 219 cm³/mol. The minimum absolute atomic E-state index is 0.358. The first-order chi connectivity index (χ1) is 25.8. The van der Waals surface area contributed by atoms with Crippen LogP contribution < -0.4 is 4.90 Å². The standard InChI is InChI=1S/C51H35N/c1-2-13-34(14-3-1)35-25-27-39(28-26-35)52(50-24-12-18-36-15-6-7-19-41(36)50)40-29-30-44-42-20-8-10-22-46(42)51(49(44)33-40)47-23-11-9-21-43(47)45-31-37-16-4-5-17-38(37)32-48(45)51/h1-9,11-21,23-33H,10,22H2. The van der Waals surface area contributed by atoms with E-state index in [4.69, 9.17) is 0 Å². The summed E-state index contributed by atoms with van der Waals surface area (Å²) in [6, 6.07) is 65.4. The molecule has 1 atom stereocenters. The molecular formula is C51H35N. The van der Waals surface area contributed by atoms with Crippen LogP contribution in [0.1, 0.15) is 35.1 Å². The van der Waals surface area contributed by atoms with Crippen LogP contribution in [0.3, 0.4) is 0 Å². The first-order valence-corrected chi connectivity index (χ1v) is 18.4. The lowest BCUT2D eigenvalue weighted by molar-refractivity contribution is 0.715. The Balaban J connectivity index is 1.18. The molecule has 0 fully saturated rings. The van der Waals surface area contributed by atoms with E-state index in [1.54, 1.807) is 0 Å². The molecule has 0 radical (unpaired) electrons. The summed E-state index contributed by atoms with van der Waals surface area (Å²) in [7, 11) is 0. The fourth-order valence-electron chi connectivity index (χ4n) is 9.53. The summed E-state index contributed by atoms with van der Waals surface area (Å²) in [5.74, 6) is 0. The summed E-state index contributed by atoms with van der Waals surface area (Å²) in [6.45, 7) is 0. The van der Waals surface area contributed by atoms with Crippen molar-refractivity contribution in [1.29, 1.82) is 0 Å². The summed E-state index contributed by atoms with van der Waals surface area (Å²) in [6.07, 6.45) is 6.87. The van der Waals surface area contributed by atoms with Crippen LogP contribution in [0.4, 0.5) is 17.1 Å². The predicted octanol–water partition coefficient (Wildman–Crippen LogP) is 13.6. The van der Waals surface area contributed by atoms with Crippen molar-refractivity contribution in [2.45, 2.75) is 18.3 Å². The second-order valence-electron chi connectivity index (χ2n) is 14.4. The Labute approximate surface area is 304 Å². The molecular weight excluding hydrogens is 627 g/mol. The number of fused-ring (bicyclic) bond motifs is 11. The second-order valence-corrected chi connectivity index (χ2v) is 14.4. The molecule has 0 heterocycles. The van der Waals surface area contributed by atoms with Gasteiger partial charge in [-0.05, 0) is 127 Å². The Morgan fingerprint density at radius 2 is 1.12 bits per heavy atom. The lowest BCUT2D eigenvalue weighted by Crippen LogP contribution is -2.28. The maximum atomic E-state index is 2.52. The van der Waals surface area contributed by atoms with Crippen LogP contribution in [-0.4, -0.2) is 0 Å². The Kier molecular flexibility index (Phi) is 6.36. The Hall–Kier alpha value is -6.44. The van der Waals surface area contributed by atoms with E-state index in [1.807, 2.05) is 0 Å². The van der Waals surface area contributed by atoms with Crippen molar-refractivity contribution in [3.8, 4) is 22.3 Å². The number of benzene rings is 8. The molecule has 1 heteroatoms. The molecule has 0 bridgehead atoms. The van der Waals surface area contributed by atoms with E-state index < -0.39 is 0 Å². The maximum Gasteiger partial charge on any atom is 0.0689 e. The number of rotatable bonds is 4. The zero-order chi connectivity index (χ0) is 34.2. The highest BCUT2D eigenvalue weighted by Gasteiger charge is 2.52. The van der Waals surface area contributed by atoms with Gasteiger partial charge in [0.15, 0.2) is 0 Å². The molecule has 3 aliphatic rings. The number of hydrogen-bond acceptors (Lipinski definition) is 1. The molecule has 0 aromatic heterocycles. The number of anilines is 3. The van der Waals surface area contributed by atoms with E-state index in [0.717, 1.165) is 24.2 Å². The van der Waals surface area contributed by atoms with Crippen molar-refractivity contribution in [1.82, 2.24) is 0 Å². The largest absolute Gasteiger partial charge is 0.310 e. The van der Waals surface area contributed by atoms with Gasteiger partial charge in [0, 0.05) is 16.8 Å². The van der Waals surface area contributed by atoms with Crippen LogP contribution in [0.5, 0.6) is 0 Å². The van der Waals surface area contributed by atoms with Gasteiger partial charge in [-0.15, -0.1) is 0 Å². The summed E-state index contributed by atoms with van der Waals surface area (Å²) in [5, 5.41) is 5.05. The second kappa shape index (κ2) is 11.3. The lowest BCUT2D eigenvalue weighted by Gasteiger charge is -2.34. The van der Waals surface area contributed by atoms with Gasteiger partial charge in [-0.2, -0.15) is 0 Å². The smallest absolute Gasteiger partial charge is 0.0689 e. The normalized spacial score (nSPS) is 16.6. The first kappa shape index (κ1) is 29.3. The average Bonchev–Trinajstić information content (AvgIpc) is 3.67. The SMILES string of the molecule is C1=CC2=C(CC1)C1(c3cc(N(c4ccc(-c5ccccc5)cc4)c4cccc5ccccc45)ccc32)c2ccccc2-c2cc3ccccc3cc21. The molecule has 0 N–H and O–H groups in total. The van der Waals surface area contributed by atoms with Gasteiger partial charge in [-0.25, -0.2) is 0 Å². The highest BCUT2D eigenvalue weighted by Crippen LogP contribution is 2.64. The third-order valence-corrected chi connectivity index (χ3v) is 11.7. The van der Waals surface area contributed by atoms with Crippen molar-refractivity contribution in [2.24, 2.45) is 0 Å². The number of allylic oxidation sites excluding steroid dienone is 4. The molecule has 1 unspecified atom stereocenters. The van der Waals surface area contributed by atoms with Crippen LogP contribution in [-0.2, 0) is 5.41 Å². The number of nitrogens with zero attached hydrogens (tertiary/aromatic N) is 1. The van der Waals surface area contributed by atoms with Crippen LogP contribution in [0.2, 0.25) is 0 Å². The lowest BCUT2D eigenvalue weighted by atomic mass is 9.68. The topological polar surface area (TPSA) is 3.24 Å². The molecule has 52 heavy (non-hydrogen) atoms. The molecule has 3 aliphatic carbocycles. The minimum Gasteiger partial charge on any atom is -0.310 e. The quantitative estimate of drug-likeness (QED) is 0.181. The van der Waals surface area contributed by atoms with E-state index in [9.17, 15) is 0 Å². The maximum absolute atomic E-state index is 2.52. The fourth-order valence-corrected chi connectivity index (χ4v) is 9.53. The summed E-state index contributed by atoms with van der Waals surface area (Å²) in [4.78, 5) is 2.47. The van der Waals surface area contributed by atoms with Crippen LogP contribution in [0, 0.1) is 0 Å². The van der Waals surface area contributed by atoms with Crippen LogP contribution in [0.25, 0.3) is 49.4 Å². The van der Waals surface area contributed by atoms with E-state index in [2.05, 4.69) is 193 Å². The zero-order valence-corrected chi connectivity index (χ0v) is 28.8. The fraction of sp³-hybridized carbons (Fsp3) is 0.0588. The average molecular weight is 662 g/mol. The highest BCUT2D eigenvalue weighted by molar-refractivity contribution is 6.03. The highest BCUT2D eigenvalue weighted by atomic mass is 15.1. The third kappa shape index (κ3) is 4.11. The summed E-state index contributed by atoms with van der Waals surface area (Å²) < 4.78 is 0. The molecule has 0 amide bonds. The summed E-state index contributed by atoms with van der Waals surface area (Å²) >= 11 is 0. The van der Waals surface area contributed by atoms with E-state index in [0.29, 0.717) is 0 Å². The molecule has 0 saturated carbocycles. The molecule has 0 aliphatic heterocycles. The molecule has 0 saturated heterocycles. The Morgan fingerprint density at radius 1 is 0.442 bits per heavy atom. The third-order valence-electron chi connectivity index (χ3n) is 11.7. The van der Waals surface area contributed by atoms with Crippen LogP contribution >= 0.6 is 0 Å². The van der Waals surface area contributed by atoms with Crippen molar-refractivity contribution >= 4 is 44.2 Å². The molecule has 8 aromatic rings. The Bertz CT molecular complexity index is 2780. The molecule has 8 aromatic carbocycles. The van der Waals surface area contributed by atoms with Gasteiger partial charge in [0.1, 0.15) is 0 Å². The van der Waals surface area contributed by atoms with Gasteiger partial charge < -0.3 is 4.90 Å². The first-order valence-electron chi connectivity index (χ1n) is 18.4. The Morgan fingerprint density at radius 3 is 1.98 bits per heavy atom. The minimum atomic E-state index is -0.358. The van der Waals surface area contributed by atoms with E-state index in [-0.39, 0.29) is 5.41 Å². The van der Waals surface area contributed by atoms with Crippen molar-refractivity contribution in [3.63, 3.8) is 0 Å². The zero-order valence-electron chi connectivity index (χ0n) is 28.8. The monoisotopic (exact) mass is 661 g/mol. The van der Waals surface area contributed by atoms with Gasteiger partial charge in [0.2, 0.25) is 0 Å². The molecule has 1 spiro atoms. The van der Waals surface area contributed by atoms with Crippen molar-refractivity contribution in [2.75, 3.05) is 4.90 Å². The van der Waals surface area contributed by atoms with Gasteiger partial charge >= 0.3 is 0 Å². The van der Waals surface area contributed by atoms with Gasteiger partial charge in [-0.1, -0.05) is 146 Å². The van der Waals surface area contributed by atoms with Gasteiger partial charge in [0.05, 0.1) is 11.1 Å².